The first-order chi connectivity index (χ1) is 10.8. The van der Waals surface area contributed by atoms with Crippen molar-refractivity contribution in [1.29, 1.82) is 0 Å². The van der Waals surface area contributed by atoms with E-state index in [0.717, 1.165) is 5.56 Å². The highest BCUT2D eigenvalue weighted by Crippen LogP contribution is 2.36. The van der Waals surface area contributed by atoms with Crippen molar-refractivity contribution in [2.45, 2.75) is 31.9 Å². The van der Waals surface area contributed by atoms with Crippen LogP contribution >= 0.6 is 24.0 Å². The molecule has 0 spiro atoms. The van der Waals surface area contributed by atoms with Gasteiger partial charge < -0.3 is 26.0 Å². The zero-order valence-corrected chi connectivity index (χ0v) is 15.1. The van der Waals surface area contributed by atoms with Gasteiger partial charge in [-0.2, -0.15) is 0 Å². The average molecular weight is 379 g/mol. The van der Waals surface area contributed by atoms with Gasteiger partial charge in [0.2, 0.25) is 0 Å². The number of carbonyl (C=O) groups is 1. The van der Waals surface area contributed by atoms with Gasteiger partial charge in [-0.1, -0.05) is 11.6 Å². The van der Waals surface area contributed by atoms with Crippen LogP contribution in [-0.2, 0) is 4.79 Å². The van der Waals surface area contributed by atoms with Crippen molar-refractivity contribution in [1.82, 2.24) is 4.90 Å². The van der Waals surface area contributed by atoms with Crippen LogP contribution in [0.5, 0.6) is 5.75 Å². The second kappa shape index (κ2) is 8.87. The SMILES string of the molecule is Cc1cc(O)c([C@H](N)C2CCN(C(=O)[C@H](O)CO)CC2)cc1Cl.Cl. The normalized spacial score (nSPS) is 18.0. The summed E-state index contributed by atoms with van der Waals surface area (Å²) in [5, 5.41) is 28.9. The van der Waals surface area contributed by atoms with Crippen LogP contribution in [0.15, 0.2) is 12.1 Å². The Labute approximate surface area is 152 Å². The molecule has 0 saturated carbocycles. The van der Waals surface area contributed by atoms with Crippen molar-refractivity contribution in [3.8, 4) is 5.75 Å². The molecule has 1 fully saturated rings. The van der Waals surface area contributed by atoms with E-state index in [9.17, 15) is 15.0 Å². The zero-order chi connectivity index (χ0) is 17.1. The smallest absolute Gasteiger partial charge is 0.253 e. The molecule has 24 heavy (non-hydrogen) atoms. The molecule has 2 atom stereocenters. The molecule has 1 heterocycles. The maximum absolute atomic E-state index is 11.8. The fraction of sp³-hybridized carbons (Fsp3) is 0.562. The molecule has 5 N–H and O–H groups in total. The van der Waals surface area contributed by atoms with E-state index in [-0.39, 0.29) is 30.1 Å². The fourth-order valence-corrected chi connectivity index (χ4v) is 3.14. The number of rotatable bonds is 4. The molecule has 0 unspecified atom stereocenters. The molecule has 0 aromatic heterocycles. The molecular weight excluding hydrogens is 355 g/mol. The van der Waals surface area contributed by atoms with Crippen LogP contribution in [0.1, 0.15) is 30.0 Å². The Hall–Kier alpha value is -1.05. The second-order valence-corrected chi connectivity index (χ2v) is 6.45. The van der Waals surface area contributed by atoms with Crippen molar-refractivity contribution < 1.29 is 20.1 Å². The predicted molar refractivity (Wildman–Crippen MR) is 94.4 cm³/mol. The number of aryl methyl sites for hydroxylation is 1. The summed E-state index contributed by atoms with van der Waals surface area (Å²) in [5.41, 5.74) is 7.69. The van der Waals surface area contributed by atoms with E-state index in [0.29, 0.717) is 36.5 Å². The predicted octanol–water partition coefficient (Wildman–Crippen LogP) is 1.37. The van der Waals surface area contributed by atoms with Gasteiger partial charge in [0, 0.05) is 29.7 Å². The number of hydrogen-bond donors (Lipinski definition) is 4. The summed E-state index contributed by atoms with van der Waals surface area (Å²) in [6, 6.07) is 2.94. The number of halogens is 2. The monoisotopic (exact) mass is 378 g/mol. The minimum absolute atomic E-state index is 0. The number of nitrogens with zero attached hydrogens (tertiary/aromatic N) is 1. The molecule has 2 rings (SSSR count). The number of aliphatic hydroxyl groups excluding tert-OH is 2. The lowest BCUT2D eigenvalue weighted by Gasteiger charge is -2.35. The second-order valence-electron chi connectivity index (χ2n) is 6.05. The van der Waals surface area contributed by atoms with Crippen molar-refractivity contribution >= 4 is 29.9 Å². The third kappa shape index (κ3) is 4.52. The molecule has 1 amide bonds. The van der Waals surface area contributed by atoms with Crippen LogP contribution in [0.25, 0.3) is 0 Å². The van der Waals surface area contributed by atoms with Gasteiger partial charge in [-0.25, -0.2) is 0 Å². The number of benzene rings is 1. The van der Waals surface area contributed by atoms with E-state index in [2.05, 4.69) is 0 Å². The molecule has 6 nitrogen and oxygen atoms in total. The standard InChI is InChI=1S/C16H23ClN2O4.ClH/c1-9-6-13(21)11(7-12(9)17)15(18)10-2-4-19(5-3-10)16(23)14(22)8-20;/h6-7,10,14-15,20-22H,2-5,8,18H2,1H3;1H/t14-,15-;/m1./s1. The van der Waals surface area contributed by atoms with Gasteiger partial charge in [0.15, 0.2) is 6.10 Å². The first-order valence-corrected chi connectivity index (χ1v) is 8.05. The Morgan fingerprint density at radius 1 is 1.42 bits per heavy atom. The lowest BCUT2D eigenvalue weighted by atomic mass is 9.85. The lowest BCUT2D eigenvalue weighted by Crippen LogP contribution is -2.46. The van der Waals surface area contributed by atoms with Crippen LogP contribution in [0.4, 0.5) is 0 Å². The van der Waals surface area contributed by atoms with Crippen molar-refractivity contribution in [2.75, 3.05) is 19.7 Å². The number of amides is 1. The van der Waals surface area contributed by atoms with Crippen LogP contribution in [0, 0.1) is 12.8 Å². The molecule has 1 aromatic rings. The van der Waals surface area contributed by atoms with Gasteiger partial charge >= 0.3 is 0 Å². The molecule has 1 aromatic carbocycles. The number of hydrogen-bond acceptors (Lipinski definition) is 5. The highest BCUT2D eigenvalue weighted by molar-refractivity contribution is 6.31. The van der Waals surface area contributed by atoms with E-state index >= 15 is 0 Å². The number of likely N-dealkylation sites (tertiary alicyclic amines) is 1. The zero-order valence-electron chi connectivity index (χ0n) is 13.5. The average Bonchev–Trinajstić information content (AvgIpc) is 2.56. The van der Waals surface area contributed by atoms with Gasteiger partial charge in [0.05, 0.1) is 6.61 Å². The Morgan fingerprint density at radius 2 is 2.00 bits per heavy atom. The van der Waals surface area contributed by atoms with Gasteiger partial charge in [0.25, 0.3) is 5.91 Å². The minimum atomic E-state index is -1.36. The number of aromatic hydroxyl groups is 1. The van der Waals surface area contributed by atoms with E-state index < -0.39 is 18.6 Å². The summed E-state index contributed by atoms with van der Waals surface area (Å²) in [7, 11) is 0. The van der Waals surface area contributed by atoms with E-state index in [1.165, 1.54) is 4.90 Å². The molecular formula is C16H24Cl2N2O4. The Balaban J connectivity index is 0.00000288. The quantitative estimate of drug-likeness (QED) is 0.632. The highest BCUT2D eigenvalue weighted by atomic mass is 35.5. The third-order valence-electron chi connectivity index (χ3n) is 4.48. The third-order valence-corrected chi connectivity index (χ3v) is 4.89. The summed E-state index contributed by atoms with van der Waals surface area (Å²) in [4.78, 5) is 13.4. The molecule has 8 heteroatoms. The number of carbonyl (C=O) groups excluding carboxylic acids is 1. The van der Waals surface area contributed by atoms with Gasteiger partial charge in [-0.05, 0) is 43.4 Å². The van der Waals surface area contributed by atoms with E-state index in [4.69, 9.17) is 22.4 Å². The van der Waals surface area contributed by atoms with E-state index in [1.54, 1.807) is 12.1 Å². The molecule has 0 radical (unpaired) electrons. The first-order valence-electron chi connectivity index (χ1n) is 7.67. The lowest BCUT2D eigenvalue weighted by molar-refractivity contribution is -0.143. The largest absolute Gasteiger partial charge is 0.508 e. The van der Waals surface area contributed by atoms with Gasteiger partial charge in [0.1, 0.15) is 5.75 Å². The summed E-state index contributed by atoms with van der Waals surface area (Å²) in [6.07, 6.45) is -0.0356. The number of phenols is 1. The molecule has 1 aliphatic heterocycles. The van der Waals surface area contributed by atoms with E-state index in [1.807, 2.05) is 6.92 Å². The van der Waals surface area contributed by atoms with Crippen molar-refractivity contribution in [3.05, 3.63) is 28.3 Å². The Bertz CT molecular complexity index is 577. The number of piperidine rings is 1. The fourth-order valence-electron chi connectivity index (χ4n) is 2.97. The molecule has 0 bridgehead atoms. The first kappa shape index (κ1) is 21.0. The minimum Gasteiger partial charge on any atom is -0.508 e. The van der Waals surface area contributed by atoms with Crippen LogP contribution in [-0.4, -0.2) is 51.9 Å². The van der Waals surface area contributed by atoms with Crippen LogP contribution in [0.2, 0.25) is 5.02 Å². The van der Waals surface area contributed by atoms with Gasteiger partial charge in [-0.3, -0.25) is 4.79 Å². The number of aliphatic hydroxyl groups is 2. The summed E-state index contributed by atoms with van der Waals surface area (Å²) in [6.45, 7) is 2.17. The molecule has 136 valence electrons. The summed E-state index contributed by atoms with van der Waals surface area (Å²) in [5.74, 6) is -0.218. The summed E-state index contributed by atoms with van der Waals surface area (Å²) < 4.78 is 0. The van der Waals surface area contributed by atoms with Crippen LogP contribution in [0.3, 0.4) is 0 Å². The topological polar surface area (TPSA) is 107 Å². The number of nitrogens with two attached hydrogens (primary N) is 1. The molecule has 0 aliphatic carbocycles. The maximum atomic E-state index is 11.8. The van der Waals surface area contributed by atoms with Gasteiger partial charge in [-0.15, -0.1) is 12.4 Å². The summed E-state index contributed by atoms with van der Waals surface area (Å²) >= 11 is 6.11. The molecule has 1 saturated heterocycles. The van der Waals surface area contributed by atoms with Crippen LogP contribution < -0.4 is 5.73 Å². The van der Waals surface area contributed by atoms with Crippen molar-refractivity contribution in [3.63, 3.8) is 0 Å². The highest BCUT2D eigenvalue weighted by Gasteiger charge is 2.30. The Morgan fingerprint density at radius 3 is 2.54 bits per heavy atom. The Kier molecular flexibility index (Phi) is 7.76. The van der Waals surface area contributed by atoms with Crippen molar-refractivity contribution in [2.24, 2.45) is 11.7 Å². The molecule has 1 aliphatic rings. The maximum Gasteiger partial charge on any atom is 0.253 e. The number of phenolic OH excluding ortho intramolecular Hbond substituents is 1.